The van der Waals surface area contributed by atoms with E-state index < -0.39 is 17.7 Å². The molecular formula is C20H22N2O4. The van der Waals surface area contributed by atoms with Crippen molar-refractivity contribution in [3.05, 3.63) is 65.1 Å². The molecule has 1 saturated heterocycles. The number of furan rings is 1. The number of nitrogens with zero attached hydrogens (tertiary/aromatic N) is 2. The first-order valence-corrected chi connectivity index (χ1v) is 8.45. The summed E-state index contributed by atoms with van der Waals surface area (Å²) in [6.45, 7) is 2.74. The Labute approximate surface area is 152 Å². The van der Waals surface area contributed by atoms with Gasteiger partial charge in [-0.05, 0) is 33.2 Å². The first-order valence-electron chi connectivity index (χ1n) is 8.45. The van der Waals surface area contributed by atoms with Crippen LogP contribution < -0.4 is 0 Å². The standard InChI is InChI=1S/C20H22N2O4/c1-13-9-10-15(26-13)17-16(18(23)14-7-5-4-6-8-14)19(24)20(25)22(17)12-11-21(2)3/h4-10,17,23H,11-12H2,1-3H3/b18-16+/t17-/m1/s1. The molecule has 1 amide bonds. The van der Waals surface area contributed by atoms with Gasteiger partial charge in [0.2, 0.25) is 0 Å². The van der Waals surface area contributed by atoms with Crippen molar-refractivity contribution in [2.45, 2.75) is 13.0 Å². The van der Waals surface area contributed by atoms with Gasteiger partial charge in [0.25, 0.3) is 11.7 Å². The molecule has 2 heterocycles. The second-order valence-electron chi connectivity index (χ2n) is 6.61. The van der Waals surface area contributed by atoms with Gasteiger partial charge in [0.1, 0.15) is 23.3 Å². The Morgan fingerprint density at radius 2 is 1.85 bits per heavy atom. The number of hydrogen-bond acceptors (Lipinski definition) is 5. The molecule has 1 aromatic carbocycles. The summed E-state index contributed by atoms with van der Waals surface area (Å²) in [4.78, 5) is 28.7. The van der Waals surface area contributed by atoms with E-state index in [1.165, 1.54) is 4.90 Å². The highest BCUT2D eigenvalue weighted by molar-refractivity contribution is 6.46. The highest BCUT2D eigenvalue weighted by Crippen LogP contribution is 2.39. The van der Waals surface area contributed by atoms with Crippen LogP contribution in [0.15, 0.2) is 52.5 Å². The summed E-state index contributed by atoms with van der Waals surface area (Å²) in [5.74, 6) is -0.348. The lowest BCUT2D eigenvalue weighted by atomic mass is 9.99. The van der Waals surface area contributed by atoms with Crippen molar-refractivity contribution < 1.29 is 19.1 Å². The molecule has 0 radical (unpaired) electrons. The van der Waals surface area contributed by atoms with Gasteiger partial charge in [-0.1, -0.05) is 30.3 Å². The number of ketones is 1. The zero-order valence-corrected chi connectivity index (χ0v) is 15.1. The predicted octanol–water partition coefficient (Wildman–Crippen LogP) is 2.57. The zero-order valence-electron chi connectivity index (χ0n) is 15.1. The third kappa shape index (κ3) is 3.28. The maximum absolute atomic E-state index is 12.7. The fraction of sp³-hybridized carbons (Fsp3) is 0.300. The molecule has 6 nitrogen and oxygen atoms in total. The van der Waals surface area contributed by atoms with Crippen LogP contribution in [-0.2, 0) is 9.59 Å². The summed E-state index contributed by atoms with van der Waals surface area (Å²) in [6, 6.07) is 11.5. The van der Waals surface area contributed by atoms with E-state index in [0.717, 1.165) is 0 Å². The molecular weight excluding hydrogens is 332 g/mol. The molecule has 1 aliphatic rings. The SMILES string of the molecule is Cc1ccc([C@@H]2/C(=C(\O)c3ccccc3)C(=O)C(=O)N2CCN(C)C)o1. The van der Waals surface area contributed by atoms with Gasteiger partial charge in [-0.2, -0.15) is 0 Å². The van der Waals surface area contributed by atoms with Gasteiger partial charge >= 0.3 is 0 Å². The molecule has 1 N–H and O–H groups in total. The number of carbonyl (C=O) groups excluding carboxylic acids is 2. The summed E-state index contributed by atoms with van der Waals surface area (Å²) >= 11 is 0. The molecule has 1 fully saturated rings. The van der Waals surface area contributed by atoms with Crippen molar-refractivity contribution in [2.24, 2.45) is 0 Å². The number of aliphatic hydroxyl groups excluding tert-OH is 1. The van der Waals surface area contributed by atoms with Gasteiger partial charge in [0.15, 0.2) is 0 Å². The Balaban J connectivity index is 2.11. The van der Waals surface area contributed by atoms with Crippen molar-refractivity contribution in [1.82, 2.24) is 9.80 Å². The largest absolute Gasteiger partial charge is 0.507 e. The first-order chi connectivity index (χ1) is 12.4. The second kappa shape index (κ2) is 7.17. The maximum Gasteiger partial charge on any atom is 0.295 e. The van der Waals surface area contributed by atoms with Gasteiger partial charge in [0.05, 0.1) is 5.57 Å². The molecule has 1 aromatic heterocycles. The molecule has 6 heteroatoms. The number of likely N-dealkylation sites (tertiary alicyclic amines) is 1. The first kappa shape index (κ1) is 17.9. The molecule has 0 spiro atoms. The molecule has 0 saturated carbocycles. The van der Waals surface area contributed by atoms with Crippen molar-refractivity contribution >= 4 is 17.4 Å². The second-order valence-corrected chi connectivity index (χ2v) is 6.61. The van der Waals surface area contributed by atoms with E-state index >= 15 is 0 Å². The Morgan fingerprint density at radius 1 is 1.15 bits per heavy atom. The van der Waals surface area contributed by atoms with Crippen LogP contribution in [0.3, 0.4) is 0 Å². The molecule has 136 valence electrons. The third-order valence-corrected chi connectivity index (χ3v) is 4.41. The smallest absolute Gasteiger partial charge is 0.295 e. The lowest BCUT2D eigenvalue weighted by Crippen LogP contribution is -2.35. The molecule has 0 bridgehead atoms. The number of amides is 1. The quantitative estimate of drug-likeness (QED) is 0.507. The van der Waals surface area contributed by atoms with E-state index in [-0.39, 0.29) is 11.3 Å². The molecule has 3 rings (SSSR count). The Kier molecular flexibility index (Phi) is 4.95. The number of aryl methyl sites for hydroxylation is 1. The fourth-order valence-corrected chi connectivity index (χ4v) is 3.07. The maximum atomic E-state index is 12.7. The number of carbonyl (C=O) groups is 2. The monoisotopic (exact) mass is 354 g/mol. The third-order valence-electron chi connectivity index (χ3n) is 4.41. The van der Waals surface area contributed by atoms with Gasteiger partial charge in [-0.15, -0.1) is 0 Å². The molecule has 0 unspecified atom stereocenters. The van der Waals surface area contributed by atoms with Crippen LogP contribution in [0.4, 0.5) is 0 Å². The minimum atomic E-state index is -0.733. The lowest BCUT2D eigenvalue weighted by molar-refractivity contribution is -0.140. The molecule has 1 atom stereocenters. The summed E-state index contributed by atoms with van der Waals surface area (Å²) in [6.07, 6.45) is 0. The molecule has 2 aromatic rings. The number of benzene rings is 1. The predicted molar refractivity (Wildman–Crippen MR) is 97.5 cm³/mol. The summed E-state index contributed by atoms with van der Waals surface area (Å²) in [5, 5.41) is 10.8. The Morgan fingerprint density at radius 3 is 2.42 bits per heavy atom. The zero-order chi connectivity index (χ0) is 18.8. The van der Waals surface area contributed by atoms with Crippen LogP contribution in [0, 0.1) is 6.92 Å². The Bertz CT molecular complexity index is 852. The minimum absolute atomic E-state index is 0.0642. The normalized spacial score (nSPS) is 19.5. The van der Waals surface area contributed by atoms with Crippen LogP contribution in [0.2, 0.25) is 0 Å². The fourth-order valence-electron chi connectivity index (χ4n) is 3.07. The van der Waals surface area contributed by atoms with Gasteiger partial charge < -0.3 is 19.3 Å². The van der Waals surface area contributed by atoms with E-state index in [0.29, 0.717) is 30.2 Å². The van der Waals surface area contributed by atoms with Crippen LogP contribution in [0.1, 0.15) is 23.1 Å². The molecule has 26 heavy (non-hydrogen) atoms. The van der Waals surface area contributed by atoms with Crippen LogP contribution >= 0.6 is 0 Å². The van der Waals surface area contributed by atoms with Crippen LogP contribution in [0.5, 0.6) is 0 Å². The number of aliphatic hydroxyl groups is 1. The minimum Gasteiger partial charge on any atom is -0.507 e. The molecule has 0 aliphatic carbocycles. The number of rotatable bonds is 5. The number of likely N-dealkylation sites (N-methyl/N-ethyl adjacent to an activating group) is 1. The topological polar surface area (TPSA) is 74.0 Å². The van der Waals surface area contributed by atoms with Gasteiger partial charge in [-0.3, -0.25) is 9.59 Å². The average Bonchev–Trinajstić information content (AvgIpc) is 3.15. The molecule has 1 aliphatic heterocycles. The van der Waals surface area contributed by atoms with E-state index in [2.05, 4.69) is 0 Å². The van der Waals surface area contributed by atoms with Crippen molar-refractivity contribution in [3.8, 4) is 0 Å². The van der Waals surface area contributed by atoms with Crippen molar-refractivity contribution in [3.63, 3.8) is 0 Å². The van der Waals surface area contributed by atoms with Gasteiger partial charge in [0, 0.05) is 18.7 Å². The van der Waals surface area contributed by atoms with Crippen LogP contribution in [-0.4, -0.2) is 53.8 Å². The summed E-state index contributed by atoms with van der Waals surface area (Å²) in [7, 11) is 3.79. The van der Waals surface area contributed by atoms with E-state index in [9.17, 15) is 14.7 Å². The van der Waals surface area contributed by atoms with Crippen LogP contribution in [0.25, 0.3) is 5.76 Å². The highest BCUT2D eigenvalue weighted by Gasteiger charge is 2.47. The van der Waals surface area contributed by atoms with Crippen molar-refractivity contribution in [2.75, 3.05) is 27.2 Å². The number of Topliss-reactive ketones (excluding diaryl/α,β-unsaturated/α-hetero) is 1. The Hall–Kier alpha value is -2.86. The van der Waals surface area contributed by atoms with Gasteiger partial charge in [-0.25, -0.2) is 0 Å². The summed E-state index contributed by atoms with van der Waals surface area (Å²) in [5.41, 5.74) is 0.556. The average molecular weight is 354 g/mol. The van der Waals surface area contributed by atoms with Crippen molar-refractivity contribution in [1.29, 1.82) is 0 Å². The number of hydrogen-bond donors (Lipinski definition) is 1. The van der Waals surface area contributed by atoms with E-state index in [1.54, 1.807) is 43.3 Å². The van der Waals surface area contributed by atoms with E-state index in [1.807, 2.05) is 25.1 Å². The highest BCUT2D eigenvalue weighted by atomic mass is 16.3. The lowest BCUT2D eigenvalue weighted by Gasteiger charge is -2.24. The summed E-state index contributed by atoms with van der Waals surface area (Å²) < 4.78 is 5.71. The van der Waals surface area contributed by atoms with E-state index in [4.69, 9.17) is 4.42 Å².